The molecule has 0 aromatic heterocycles. The Morgan fingerprint density at radius 2 is 2.20 bits per heavy atom. The zero-order chi connectivity index (χ0) is 7.56. The van der Waals surface area contributed by atoms with Crippen LogP contribution >= 0.6 is 0 Å². The van der Waals surface area contributed by atoms with E-state index >= 15 is 0 Å². The van der Waals surface area contributed by atoms with Gasteiger partial charge in [-0.25, -0.2) is 0 Å². The average molecular weight is 135 g/mol. The van der Waals surface area contributed by atoms with E-state index in [0.29, 0.717) is 0 Å². The fourth-order valence-electron chi connectivity index (χ4n) is 0.768. The summed E-state index contributed by atoms with van der Waals surface area (Å²) < 4.78 is 0. The van der Waals surface area contributed by atoms with E-state index in [9.17, 15) is 0 Å². The fourth-order valence-corrected chi connectivity index (χ4v) is 0.768. The molecule has 0 bridgehead atoms. The number of aryl methyl sites for hydroxylation is 1. The van der Waals surface area contributed by atoms with E-state index in [1.165, 1.54) is 6.21 Å². The molecule has 0 amide bonds. The molecule has 0 aliphatic heterocycles. The first-order valence-corrected chi connectivity index (χ1v) is 3.04. The molecule has 0 heterocycles. The van der Waals surface area contributed by atoms with Crippen molar-refractivity contribution in [3.8, 4) is 5.75 Å². The van der Waals surface area contributed by atoms with Crippen LogP contribution in [0.3, 0.4) is 0 Å². The van der Waals surface area contributed by atoms with E-state index in [-0.39, 0.29) is 5.75 Å². The number of nitrogens with one attached hydrogen (secondary N) is 1. The van der Waals surface area contributed by atoms with Gasteiger partial charge in [-0.3, -0.25) is 0 Å². The monoisotopic (exact) mass is 135 g/mol. The van der Waals surface area contributed by atoms with Gasteiger partial charge < -0.3 is 10.5 Å². The third-order valence-electron chi connectivity index (χ3n) is 1.39. The van der Waals surface area contributed by atoms with Crippen LogP contribution in [-0.2, 0) is 0 Å². The Hall–Kier alpha value is -1.31. The normalized spacial score (nSPS) is 9.30. The molecule has 0 unspecified atom stereocenters. The highest BCUT2D eigenvalue weighted by Gasteiger charge is 1.93. The summed E-state index contributed by atoms with van der Waals surface area (Å²) in [6.45, 7) is 1.81. The largest absolute Gasteiger partial charge is 0.508 e. The Morgan fingerprint density at radius 3 is 2.70 bits per heavy atom. The van der Waals surface area contributed by atoms with E-state index in [4.69, 9.17) is 10.5 Å². The molecule has 1 rings (SSSR count). The topological polar surface area (TPSA) is 44.1 Å². The number of phenols is 1. The molecule has 10 heavy (non-hydrogen) atoms. The highest BCUT2D eigenvalue weighted by atomic mass is 16.3. The molecular weight excluding hydrogens is 126 g/mol. The standard InChI is InChI=1S/C8H9NO/c1-6-4-7(5-9)2-3-8(6)10/h2-5,9-10H,1H3. The second-order valence-corrected chi connectivity index (χ2v) is 2.19. The van der Waals surface area contributed by atoms with Gasteiger partial charge in [0, 0.05) is 6.21 Å². The van der Waals surface area contributed by atoms with Crippen LogP contribution in [0.2, 0.25) is 0 Å². The zero-order valence-corrected chi connectivity index (χ0v) is 5.76. The van der Waals surface area contributed by atoms with Crippen molar-refractivity contribution in [2.24, 2.45) is 0 Å². The molecular formula is C8H9NO. The minimum atomic E-state index is 0.283. The van der Waals surface area contributed by atoms with Gasteiger partial charge in [0.1, 0.15) is 5.75 Å². The molecule has 0 saturated heterocycles. The molecule has 0 radical (unpaired) electrons. The quantitative estimate of drug-likeness (QED) is 0.565. The van der Waals surface area contributed by atoms with Crippen LogP contribution in [-0.4, -0.2) is 11.3 Å². The van der Waals surface area contributed by atoms with Gasteiger partial charge in [-0.2, -0.15) is 0 Å². The first kappa shape index (κ1) is 6.81. The number of benzene rings is 1. The van der Waals surface area contributed by atoms with Gasteiger partial charge in [0.2, 0.25) is 0 Å². The van der Waals surface area contributed by atoms with Gasteiger partial charge in [0.05, 0.1) is 0 Å². The van der Waals surface area contributed by atoms with Gasteiger partial charge in [-0.1, -0.05) is 0 Å². The van der Waals surface area contributed by atoms with E-state index in [0.717, 1.165) is 11.1 Å². The summed E-state index contributed by atoms with van der Waals surface area (Å²) >= 11 is 0. The van der Waals surface area contributed by atoms with Gasteiger partial charge >= 0.3 is 0 Å². The lowest BCUT2D eigenvalue weighted by Crippen LogP contribution is -1.80. The maximum absolute atomic E-state index is 9.06. The van der Waals surface area contributed by atoms with Crippen molar-refractivity contribution < 1.29 is 5.11 Å². The van der Waals surface area contributed by atoms with Crippen molar-refractivity contribution in [2.45, 2.75) is 6.92 Å². The Kier molecular flexibility index (Phi) is 1.71. The Balaban J connectivity index is 3.16. The summed E-state index contributed by atoms with van der Waals surface area (Å²) in [7, 11) is 0. The number of hydrogen-bond donors (Lipinski definition) is 2. The third-order valence-corrected chi connectivity index (χ3v) is 1.39. The lowest BCUT2D eigenvalue weighted by molar-refractivity contribution is 0.471. The maximum Gasteiger partial charge on any atom is 0.118 e. The van der Waals surface area contributed by atoms with Crippen molar-refractivity contribution >= 4 is 6.21 Å². The molecule has 2 N–H and O–H groups in total. The Labute approximate surface area is 59.6 Å². The van der Waals surface area contributed by atoms with Gasteiger partial charge in [-0.05, 0) is 36.2 Å². The van der Waals surface area contributed by atoms with Gasteiger partial charge in [0.15, 0.2) is 0 Å². The molecule has 0 aliphatic rings. The van der Waals surface area contributed by atoms with Crippen molar-refractivity contribution in [3.05, 3.63) is 29.3 Å². The molecule has 2 heteroatoms. The summed E-state index contributed by atoms with van der Waals surface area (Å²) in [5, 5.41) is 16.0. The first-order valence-electron chi connectivity index (χ1n) is 3.04. The summed E-state index contributed by atoms with van der Waals surface area (Å²) in [5.74, 6) is 0.283. The lowest BCUT2D eigenvalue weighted by atomic mass is 10.1. The Bertz CT molecular complexity index is 255. The predicted molar refractivity (Wildman–Crippen MR) is 40.7 cm³/mol. The van der Waals surface area contributed by atoms with Crippen LogP contribution in [0.4, 0.5) is 0 Å². The number of phenolic OH excluding ortho intramolecular Hbond substituents is 1. The van der Waals surface area contributed by atoms with Crippen LogP contribution in [0.5, 0.6) is 5.75 Å². The van der Waals surface area contributed by atoms with Gasteiger partial charge in [-0.15, -0.1) is 0 Å². The Morgan fingerprint density at radius 1 is 1.50 bits per heavy atom. The minimum Gasteiger partial charge on any atom is -0.508 e. The molecule has 0 saturated carbocycles. The van der Waals surface area contributed by atoms with Crippen molar-refractivity contribution in [1.82, 2.24) is 0 Å². The van der Waals surface area contributed by atoms with Crippen LogP contribution < -0.4 is 0 Å². The molecule has 0 spiro atoms. The number of rotatable bonds is 1. The average Bonchev–Trinajstić information content (AvgIpc) is 1.95. The molecule has 2 nitrogen and oxygen atoms in total. The zero-order valence-electron chi connectivity index (χ0n) is 5.76. The van der Waals surface area contributed by atoms with E-state index in [1.807, 2.05) is 6.92 Å². The van der Waals surface area contributed by atoms with Crippen molar-refractivity contribution in [1.29, 1.82) is 5.41 Å². The van der Waals surface area contributed by atoms with E-state index < -0.39 is 0 Å². The summed E-state index contributed by atoms with van der Waals surface area (Å²) in [5.41, 5.74) is 1.62. The SMILES string of the molecule is Cc1cc(C=N)ccc1O. The second kappa shape index (κ2) is 2.52. The van der Waals surface area contributed by atoms with E-state index in [2.05, 4.69) is 0 Å². The summed E-state index contributed by atoms with van der Waals surface area (Å²) in [6.07, 6.45) is 1.26. The van der Waals surface area contributed by atoms with Crippen molar-refractivity contribution in [2.75, 3.05) is 0 Å². The van der Waals surface area contributed by atoms with Crippen LogP contribution in [0.1, 0.15) is 11.1 Å². The number of hydrogen-bond acceptors (Lipinski definition) is 2. The third kappa shape index (κ3) is 1.16. The van der Waals surface area contributed by atoms with Crippen LogP contribution in [0.15, 0.2) is 18.2 Å². The van der Waals surface area contributed by atoms with E-state index in [1.54, 1.807) is 18.2 Å². The molecule has 52 valence electrons. The minimum absolute atomic E-state index is 0.283. The predicted octanol–water partition coefficient (Wildman–Crippen LogP) is 1.70. The summed E-state index contributed by atoms with van der Waals surface area (Å²) in [4.78, 5) is 0. The molecule has 0 fully saturated rings. The van der Waals surface area contributed by atoms with Gasteiger partial charge in [0.25, 0.3) is 0 Å². The maximum atomic E-state index is 9.06. The highest BCUT2D eigenvalue weighted by Crippen LogP contribution is 2.15. The lowest BCUT2D eigenvalue weighted by Gasteiger charge is -1.97. The van der Waals surface area contributed by atoms with Crippen LogP contribution in [0.25, 0.3) is 0 Å². The summed E-state index contributed by atoms with van der Waals surface area (Å²) in [6, 6.07) is 5.06. The van der Waals surface area contributed by atoms with Crippen molar-refractivity contribution in [3.63, 3.8) is 0 Å². The van der Waals surface area contributed by atoms with Crippen LogP contribution in [0, 0.1) is 12.3 Å². The molecule has 1 aromatic rings. The first-order chi connectivity index (χ1) is 4.74. The second-order valence-electron chi connectivity index (χ2n) is 2.19. The molecule has 1 aromatic carbocycles. The molecule has 0 aliphatic carbocycles. The highest BCUT2D eigenvalue weighted by molar-refractivity contribution is 5.77. The molecule has 0 atom stereocenters. The smallest absolute Gasteiger partial charge is 0.118 e. The number of aromatic hydroxyl groups is 1. The fraction of sp³-hybridized carbons (Fsp3) is 0.125.